The molecular formula is C25H31N3O3. The summed E-state index contributed by atoms with van der Waals surface area (Å²) in [5, 5.41) is 3.09. The first-order valence-corrected chi connectivity index (χ1v) is 11.2. The zero-order valence-corrected chi connectivity index (χ0v) is 18.2. The van der Waals surface area contributed by atoms with Gasteiger partial charge in [-0.1, -0.05) is 18.2 Å². The summed E-state index contributed by atoms with van der Waals surface area (Å²) in [7, 11) is 1.92. The average Bonchev–Trinajstić information content (AvgIpc) is 2.82. The summed E-state index contributed by atoms with van der Waals surface area (Å²) >= 11 is 0. The number of nitrogens with zero attached hydrogens (tertiary/aromatic N) is 2. The number of rotatable bonds is 7. The summed E-state index contributed by atoms with van der Waals surface area (Å²) < 4.78 is 5.71. The van der Waals surface area contributed by atoms with Crippen molar-refractivity contribution in [3.63, 3.8) is 0 Å². The Morgan fingerprint density at radius 1 is 1.06 bits per heavy atom. The summed E-state index contributed by atoms with van der Waals surface area (Å²) in [5.74, 6) is 1.04. The second-order valence-corrected chi connectivity index (χ2v) is 8.25. The van der Waals surface area contributed by atoms with Crippen molar-refractivity contribution in [1.29, 1.82) is 0 Å². The number of hydrogen-bond acceptors (Lipinski definition) is 4. The van der Waals surface area contributed by atoms with Crippen LogP contribution in [0.15, 0.2) is 48.5 Å². The zero-order chi connectivity index (χ0) is 21.6. The van der Waals surface area contributed by atoms with Crippen LogP contribution in [0.1, 0.15) is 41.6 Å². The smallest absolute Gasteiger partial charge is 0.253 e. The summed E-state index contributed by atoms with van der Waals surface area (Å²) in [6.45, 7) is 2.90. The van der Waals surface area contributed by atoms with Gasteiger partial charge in [-0.25, -0.2) is 0 Å². The number of carbonyl (C=O) groups excluding carboxylic acids is 2. The van der Waals surface area contributed by atoms with E-state index in [2.05, 4.69) is 11.4 Å². The van der Waals surface area contributed by atoms with Gasteiger partial charge in [-0.15, -0.1) is 0 Å². The normalized spacial score (nSPS) is 16.9. The first-order chi connectivity index (χ1) is 15.2. The SMILES string of the molecule is CNCCCOc1ccc(C(=O)N2CCC(N3C(=O)CCc4ccccc43)CC2)cc1. The van der Waals surface area contributed by atoms with Gasteiger partial charge < -0.3 is 19.9 Å². The zero-order valence-electron chi connectivity index (χ0n) is 18.2. The molecule has 2 amide bonds. The van der Waals surface area contributed by atoms with Crippen molar-refractivity contribution < 1.29 is 14.3 Å². The number of piperidine rings is 1. The van der Waals surface area contributed by atoms with E-state index in [1.54, 1.807) is 0 Å². The van der Waals surface area contributed by atoms with Crippen LogP contribution in [0.5, 0.6) is 5.75 Å². The van der Waals surface area contributed by atoms with Crippen molar-refractivity contribution in [3.8, 4) is 5.75 Å². The maximum atomic E-state index is 13.0. The summed E-state index contributed by atoms with van der Waals surface area (Å²) in [5.41, 5.74) is 2.98. The number of aryl methyl sites for hydroxylation is 1. The number of carbonyl (C=O) groups is 2. The second kappa shape index (κ2) is 9.96. The standard InChI is InChI=1S/C25H31N3O3/c1-26-15-4-18-31-22-10-7-20(8-11-22)25(30)27-16-13-21(14-17-27)28-23-6-3-2-5-19(23)9-12-24(28)29/h2-3,5-8,10-11,21,26H,4,9,12-18H2,1H3. The third-order valence-corrected chi connectivity index (χ3v) is 6.19. The fourth-order valence-electron chi connectivity index (χ4n) is 4.50. The molecule has 31 heavy (non-hydrogen) atoms. The van der Waals surface area contributed by atoms with E-state index < -0.39 is 0 Å². The maximum Gasteiger partial charge on any atom is 0.253 e. The fourth-order valence-corrected chi connectivity index (χ4v) is 4.50. The van der Waals surface area contributed by atoms with Gasteiger partial charge in [0.15, 0.2) is 0 Å². The molecule has 1 saturated heterocycles. The van der Waals surface area contributed by atoms with Gasteiger partial charge in [0.2, 0.25) is 5.91 Å². The monoisotopic (exact) mass is 421 g/mol. The molecule has 1 N–H and O–H groups in total. The lowest BCUT2D eigenvalue weighted by Crippen LogP contribution is -2.50. The molecule has 0 unspecified atom stereocenters. The third-order valence-electron chi connectivity index (χ3n) is 6.19. The van der Waals surface area contributed by atoms with Crippen LogP contribution in [0.3, 0.4) is 0 Å². The molecule has 164 valence electrons. The van der Waals surface area contributed by atoms with Crippen molar-refractivity contribution >= 4 is 17.5 Å². The summed E-state index contributed by atoms with van der Waals surface area (Å²) in [6.07, 6.45) is 3.94. The van der Waals surface area contributed by atoms with Crippen LogP contribution in [-0.4, -0.2) is 56.0 Å². The van der Waals surface area contributed by atoms with Gasteiger partial charge in [0.1, 0.15) is 5.75 Å². The van der Waals surface area contributed by atoms with E-state index in [-0.39, 0.29) is 17.9 Å². The van der Waals surface area contributed by atoms with E-state index in [0.717, 1.165) is 43.7 Å². The minimum absolute atomic E-state index is 0.0468. The number of para-hydroxylation sites is 1. The highest BCUT2D eigenvalue weighted by molar-refractivity contribution is 5.97. The topological polar surface area (TPSA) is 61.9 Å². The van der Waals surface area contributed by atoms with E-state index in [9.17, 15) is 9.59 Å². The Balaban J connectivity index is 1.34. The van der Waals surface area contributed by atoms with E-state index in [1.165, 1.54) is 5.56 Å². The van der Waals surface area contributed by atoms with E-state index in [4.69, 9.17) is 4.74 Å². The number of fused-ring (bicyclic) bond motifs is 1. The lowest BCUT2D eigenvalue weighted by molar-refractivity contribution is -0.119. The molecule has 2 aromatic carbocycles. The van der Waals surface area contributed by atoms with Crippen LogP contribution in [-0.2, 0) is 11.2 Å². The molecule has 2 heterocycles. The molecule has 2 aliphatic heterocycles. The highest BCUT2D eigenvalue weighted by Gasteiger charge is 2.33. The molecule has 0 spiro atoms. The van der Waals surface area contributed by atoms with Crippen molar-refractivity contribution in [1.82, 2.24) is 10.2 Å². The van der Waals surface area contributed by atoms with Gasteiger partial charge in [0.25, 0.3) is 5.91 Å². The molecular weight excluding hydrogens is 390 g/mol. The van der Waals surface area contributed by atoms with Crippen molar-refractivity contribution in [2.24, 2.45) is 0 Å². The van der Waals surface area contributed by atoms with Crippen LogP contribution in [0.2, 0.25) is 0 Å². The summed E-state index contributed by atoms with van der Waals surface area (Å²) in [6, 6.07) is 15.8. The Morgan fingerprint density at radius 2 is 1.81 bits per heavy atom. The molecule has 2 aliphatic rings. The fraction of sp³-hybridized carbons (Fsp3) is 0.440. The van der Waals surface area contributed by atoms with E-state index in [1.807, 2.05) is 59.3 Å². The van der Waals surface area contributed by atoms with Crippen LogP contribution < -0.4 is 15.0 Å². The molecule has 0 aliphatic carbocycles. The molecule has 2 aromatic rings. The molecule has 6 heteroatoms. The molecule has 1 fully saturated rings. The molecule has 6 nitrogen and oxygen atoms in total. The van der Waals surface area contributed by atoms with Crippen LogP contribution in [0.25, 0.3) is 0 Å². The second-order valence-electron chi connectivity index (χ2n) is 8.25. The Labute approximate surface area is 184 Å². The van der Waals surface area contributed by atoms with Crippen molar-refractivity contribution in [3.05, 3.63) is 59.7 Å². The molecule has 0 radical (unpaired) electrons. The molecule has 0 aromatic heterocycles. The van der Waals surface area contributed by atoms with Crippen LogP contribution in [0.4, 0.5) is 5.69 Å². The minimum Gasteiger partial charge on any atom is -0.494 e. The number of benzene rings is 2. The number of ether oxygens (including phenoxy) is 1. The highest BCUT2D eigenvalue weighted by Crippen LogP contribution is 2.32. The van der Waals surface area contributed by atoms with Gasteiger partial charge in [-0.3, -0.25) is 9.59 Å². The van der Waals surface area contributed by atoms with E-state index >= 15 is 0 Å². The predicted molar refractivity (Wildman–Crippen MR) is 122 cm³/mol. The number of nitrogens with one attached hydrogen (secondary N) is 1. The van der Waals surface area contributed by atoms with Crippen LogP contribution >= 0.6 is 0 Å². The highest BCUT2D eigenvalue weighted by atomic mass is 16.5. The number of amides is 2. The predicted octanol–water partition coefficient (Wildman–Crippen LogP) is 3.26. The number of anilines is 1. The largest absolute Gasteiger partial charge is 0.494 e. The first kappa shape index (κ1) is 21.4. The van der Waals surface area contributed by atoms with Crippen molar-refractivity contribution in [2.45, 2.75) is 38.1 Å². The summed E-state index contributed by atoms with van der Waals surface area (Å²) in [4.78, 5) is 29.5. The Bertz CT molecular complexity index is 904. The Morgan fingerprint density at radius 3 is 2.55 bits per heavy atom. The molecule has 0 bridgehead atoms. The molecule has 0 atom stereocenters. The Hall–Kier alpha value is -2.86. The van der Waals surface area contributed by atoms with Gasteiger partial charge in [-0.05, 0) is 75.2 Å². The minimum atomic E-state index is 0.0468. The van der Waals surface area contributed by atoms with Gasteiger partial charge >= 0.3 is 0 Å². The van der Waals surface area contributed by atoms with E-state index in [0.29, 0.717) is 31.7 Å². The number of hydrogen-bond donors (Lipinski definition) is 1. The van der Waals surface area contributed by atoms with Gasteiger partial charge in [0.05, 0.1) is 6.61 Å². The molecule has 4 rings (SSSR count). The number of likely N-dealkylation sites (tertiary alicyclic amines) is 1. The van der Waals surface area contributed by atoms with Gasteiger partial charge in [0, 0.05) is 36.8 Å². The van der Waals surface area contributed by atoms with Crippen LogP contribution in [0, 0.1) is 0 Å². The van der Waals surface area contributed by atoms with Gasteiger partial charge in [-0.2, -0.15) is 0 Å². The molecule has 0 saturated carbocycles. The lowest BCUT2D eigenvalue weighted by atomic mass is 9.95. The average molecular weight is 422 g/mol. The third kappa shape index (κ3) is 4.90. The Kier molecular flexibility index (Phi) is 6.87. The quantitative estimate of drug-likeness (QED) is 0.697. The first-order valence-electron chi connectivity index (χ1n) is 11.2. The maximum absolute atomic E-state index is 13.0. The van der Waals surface area contributed by atoms with Crippen molar-refractivity contribution in [2.75, 3.05) is 38.2 Å². The lowest BCUT2D eigenvalue weighted by Gasteiger charge is -2.41.